The number of rotatable bonds is 2. The maximum absolute atomic E-state index is 11.6. The molecule has 84 valence electrons. The largest absolute Gasteiger partial charge is 0.480 e. The lowest BCUT2D eigenvalue weighted by Crippen LogP contribution is -2.38. The van der Waals surface area contributed by atoms with Crippen molar-refractivity contribution in [1.29, 1.82) is 0 Å². The van der Waals surface area contributed by atoms with E-state index in [-0.39, 0.29) is 17.3 Å². The predicted octanol–water partition coefficient (Wildman–Crippen LogP) is 0.127. The summed E-state index contributed by atoms with van der Waals surface area (Å²) in [5.41, 5.74) is 0.206. The van der Waals surface area contributed by atoms with E-state index < -0.39 is 12.0 Å². The predicted molar refractivity (Wildman–Crippen MR) is 54.6 cm³/mol. The quantitative estimate of drug-likeness (QED) is 0.671. The first-order valence-electron chi connectivity index (χ1n) is 5.07. The zero-order chi connectivity index (χ0) is 11.7. The van der Waals surface area contributed by atoms with Gasteiger partial charge in [0.2, 0.25) is 5.78 Å². The summed E-state index contributed by atoms with van der Waals surface area (Å²) >= 11 is 0. The zero-order valence-corrected chi connectivity index (χ0v) is 8.55. The molecule has 0 bridgehead atoms. The highest BCUT2D eigenvalue weighted by atomic mass is 16.4. The van der Waals surface area contributed by atoms with Crippen LogP contribution in [-0.4, -0.2) is 40.1 Å². The van der Waals surface area contributed by atoms with Gasteiger partial charge in [0.25, 0.3) is 0 Å². The van der Waals surface area contributed by atoms with E-state index in [0.717, 1.165) is 6.42 Å². The van der Waals surface area contributed by atoms with E-state index >= 15 is 0 Å². The van der Waals surface area contributed by atoms with E-state index in [4.69, 9.17) is 5.11 Å². The molecule has 0 aromatic rings. The average Bonchev–Trinajstić information content (AvgIpc) is 2.70. The Balaban J connectivity index is 2.27. The lowest BCUT2D eigenvalue weighted by atomic mass is 10.1. The second-order valence-corrected chi connectivity index (χ2v) is 3.82. The highest BCUT2D eigenvalue weighted by molar-refractivity contribution is 6.17. The van der Waals surface area contributed by atoms with Gasteiger partial charge in [0.1, 0.15) is 6.04 Å². The van der Waals surface area contributed by atoms with Gasteiger partial charge in [-0.3, -0.25) is 9.59 Å². The molecular formula is C11H11NO4. The summed E-state index contributed by atoms with van der Waals surface area (Å²) in [4.78, 5) is 35.2. The molecule has 5 heteroatoms. The van der Waals surface area contributed by atoms with Crippen molar-refractivity contribution in [2.45, 2.75) is 18.9 Å². The molecule has 1 atom stereocenters. The Morgan fingerprint density at radius 2 is 2.12 bits per heavy atom. The molecule has 0 unspecified atom stereocenters. The monoisotopic (exact) mass is 221 g/mol. The highest BCUT2D eigenvalue weighted by Crippen LogP contribution is 2.24. The number of hydrogen-bond donors (Lipinski definition) is 1. The van der Waals surface area contributed by atoms with Crippen molar-refractivity contribution < 1.29 is 19.5 Å². The molecule has 0 saturated carbocycles. The zero-order valence-electron chi connectivity index (χ0n) is 8.55. The van der Waals surface area contributed by atoms with Gasteiger partial charge < -0.3 is 10.0 Å². The molecule has 1 aliphatic heterocycles. The average molecular weight is 221 g/mol. The van der Waals surface area contributed by atoms with Crippen molar-refractivity contribution in [2.75, 3.05) is 6.54 Å². The standard InChI is InChI=1S/C11H11NO4/c13-7-3-4-10(14)9(6-7)12-5-1-2-8(12)11(15)16/h3-4,6,8H,1-2,5H2,(H,15,16)/t8-/m0/s1. The van der Waals surface area contributed by atoms with E-state index in [1.165, 1.54) is 23.1 Å². The second kappa shape index (κ2) is 3.92. The maximum Gasteiger partial charge on any atom is 0.326 e. The van der Waals surface area contributed by atoms with Crippen LogP contribution >= 0.6 is 0 Å². The van der Waals surface area contributed by atoms with Gasteiger partial charge in [-0.05, 0) is 25.0 Å². The fourth-order valence-electron chi connectivity index (χ4n) is 2.03. The van der Waals surface area contributed by atoms with Crippen molar-refractivity contribution in [3.05, 3.63) is 23.9 Å². The van der Waals surface area contributed by atoms with Crippen LogP contribution in [0.2, 0.25) is 0 Å². The van der Waals surface area contributed by atoms with Crippen LogP contribution in [0.3, 0.4) is 0 Å². The van der Waals surface area contributed by atoms with Crippen molar-refractivity contribution in [3.8, 4) is 0 Å². The summed E-state index contributed by atoms with van der Waals surface area (Å²) in [5, 5.41) is 8.98. The molecule has 0 aromatic carbocycles. The maximum atomic E-state index is 11.6. The number of carboxylic acid groups (broad SMARTS) is 1. The number of likely N-dealkylation sites (tertiary alicyclic amines) is 1. The Kier molecular flexibility index (Phi) is 2.60. The minimum absolute atomic E-state index is 0.206. The molecule has 0 radical (unpaired) electrons. The van der Waals surface area contributed by atoms with E-state index in [1.54, 1.807) is 0 Å². The van der Waals surface area contributed by atoms with Crippen LogP contribution in [0.15, 0.2) is 23.9 Å². The third-order valence-electron chi connectivity index (χ3n) is 2.78. The SMILES string of the molecule is O=C1C=CC(=O)C(N2CCC[C@H]2C(=O)O)=C1. The second-order valence-electron chi connectivity index (χ2n) is 3.82. The van der Waals surface area contributed by atoms with E-state index in [0.29, 0.717) is 13.0 Å². The number of nitrogens with zero attached hydrogens (tertiary/aromatic N) is 1. The molecule has 5 nitrogen and oxygen atoms in total. The smallest absolute Gasteiger partial charge is 0.326 e. The van der Waals surface area contributed by atoms with Crippen LogP contribution in [0.5, 0.6) is 0 Å². The summed E-state index contributed by atoms with van der Waals surface area (Å²) in [6.45, 7) is 0.510. The number of carboxylic acids is 1. The minimum Gasteiger partial charge on any atom is -0.480 e. The number of aliphatic carboxylic acids is 1. The molecule has 1 N–H and O–H groups in total. The van der Waals surface area contributed by atoms with Gasteiger partial charge in [-0.1, -0.05) is 0 Å². The Morgan fingerprint density at radius 1 is 1.38 bits per heavy atom. The van der Waals surface area contributed by atoms with Crippen LogP contribution in [-0.2, 0) is 14.4 Å². The first-order valence-corrected chi connectivity index (χ1v) is 5.07. The van der Waals surface area contributed by atoms with Gasteiger partial charge in [-0.15, -0.1) is 0 Å². The number of hydrogen-bond acceptors (Lipinski definition) is 4. The van der Waals surface area contributed by atoms with Crippen LogP contribution in [0.1, 0.15) is 12.8 Å². The third-order valence-corrected chi connectivity index (χ3v) is 2.78. The fourth-order valence-corrected chi connectivity index (χ4v) is 2.03. The molecule has 1 fully saturated rings. The van der Waals surface area contributed by atoms with Crippen LogP contribution in [0, 0.1) is 0 Å². The Hall–Kier alpha value is -1.91. The summed E-state index contributed by atoms with van der Waals surface area (Å²) < 4.78 is 0. The van der Waals surface area contributed by atoms with Crippen molar-refractivity contribution >= 4 is 17.5 Å². The number of carbonyl (C=O) groups excluding carboxylic acids is 2. The van der Waals surface area contributed by atoms with Gasteiger partial charge in [-0.25, -0.2) is 4.79 Å². The van der Waals surface area contributed by atoms with Gasteiger partial charge in [0.05, 0.1) is 5.70 Å². The molecule has 16 heavy (non-hydrogen) atoms. The molecule has 1 heterocycles. The molecule has 2 rings (SSSR count). The van der Waals surface area contributed by atoms with Crippen LogP contribution in [0.4, 0.5) is 0 Å². The van der Waals surface area contributed by atoms with E-state index in [9.17, 15) is 14.4 Å². The Morgan fingerprint density at radius 3 is 2.81 bits per heavy atom. The van der Waals surface area contributed by atoms with Crippen LogP contribution in [0.25, 0.3) is 0 Å². The van der Waals surface area contributed by atoms with Gasteiger partial charge >= 0.3 is 5.97 Å². The van der Waals surface area contributed by atoms with E-state index in [1.807, 2.05) is 0 Å². The first-order chi connectivity index (χ1) is 7.59. The number of allylic oxidation sites excluding steroid dienone is 3. The Labute approximate surface area is 92.0 Å². The van der Waals surface area contributed by atoms with Crippen molar-refractivity contribution in [2.24, 2.45) is 0 Å². The first kappa shape index (κ1) is 10.6. The third kappa shape index (κ3) is 1.76. The molecular weight excluding hydrogens is 210 g/mol. The number of carbonyl (C=O) groups is 3. The number of ketones is 2. The molecule has 0 amide bonds. The lowest BCUT2D eigenvalue weighted by molar-refractivity contribution is -0.141. The summed E-state index contributed by atoms with van der Waals surface area (Å²) in [7, 11) is 0. The topological polar surface area (TPSA) is 74.7 Å². The summed E-state index contributed by atoms with van der Waals surface area (Å²) in [6, 6.07) is -0.686. The molecule has 2 aliphatic rings. The van der Waals surface area contributed by atoms with Gasteiger partial charge in [-0.2, -0.15) is 0 Å². The molecule has 1 aliphatic carbocycles. The minimum atomic E-state index is -0.951. The van der Waals surface area contributed by atoms with Crippen molar-refractivity contribution in [1.82, 2.24) is 4.90 Å². The van der Waals surface area contributed by atoms with Crippen LogP contribution < -0.4 is 0 Å². The van der Waals surface area contributed by atoms with Crippen molar-refractivity contribution in [3.63, 3.8) is 0 Å². The van der Waals surface area contributed by atoms with Gasteiger partial charge in [0, 0.05) is 12.6 Å². The van der Waals surface area contributed by atoms with Gasteiger partial charge in [0.15, 0.2) is 5.78 Å². The highest BCUT2D eigenvalue weighted by Gasteiger charge is 2.34. The summed E-state index contributed by atoms with van der Waals surface area (Å²) in [5.74, 6) is -1.52. The molecule has 1 saturated heterocycles. The molecule has 0 spiro atoms. The lowest BCUT2D eigenvalue weighted by Gasteiger charge is -2.25. The van der Waals surface area contributed by atoms with E-state index in [2.05, 4.69) is 0 Å². The summed E-state index contributed by atoms with van der Waals surface area (Å²) in [6.07, 6.45) is 4.83. The fraction of sp³-hybridized carbons (Fsp3) is 0.364. The normalized spacial score (nSPS) is 24.9. The molecule has 0 aromatic heterocycles. The Bertz CT molecular complexity index is 422.